The molecule has 0 radical (unpaired) electrons. The predicted octanol–water partition coefficient (Wildman–Crippen LogP) is -0.184. The van der Waals surface area contributed by atoms with Gasteiger partial charge in [-0.15, -0.1) is 0 Å². The third-order valence-corrected chi connectivity index (χ3v) is 8.32. The van der Waals surface area contributed by atoms with E-state index in [9.17, 15) is 18.3 Å². The Kier molecular flexibility index (Phi) is 7.29. The van der Waals surface area contributed by atoms with Crippen molar-refractivity contribution in [2.24, 2.45) is 0 Å². The summed E-state index contributed by atoms with van der Waals surface area (Å²) < 4.78 is 42.1. The first-order valence-electron chi connectivity index (χ1n) is 9.55. The van der Waals surface area contributed by atoms with Gasteiger partial charge in [0.05, 0.1) is 33.9 Å². The second-order valence-electron chi connectivity index (χ2n) is 7.84. The number of hydrogen-bond acceptors (Lipinski definition) is 9. The van der Waals surface area contributed by atoms with E-state index in [4.69, 9.17) is 19.4 Å². The quantitative estimate of drug-likeness (QED) is 0.387. The van der Waals surface area contributed by atoms with Crippen molar-refractivity contribution in [2.45, 2.75) is 62.9 Å². The summed E-state index contributed by atoms with van der Waals surface area (Å²) in [7, 11) is -5.61. The fourth-order valence-electron chi connectivity index (χ4n) is 3.45. The van der Waals surface area contributed by atoms with E-state index in [1.54, 1.807) is 0 Å². The Morgan fingerprint density at radius 2 is 2.17 bits per heavy atom. The number of ether oxygens (including phenoxy) is 2. The molecule has 29 heavy (non-hydrogen) atoms. The molecule has 1 aliphatic heterocycles. The van der Waals surface area contributed by atoms with Gasteiger partial charge in [0.15, 0.2) is 0 Å². The Morgan fingerprint density at radius 3 is 2.66 bits per heavy atom. The van der Waals surface area contributed by atoms with Crippen molar-refractivity contribution in [2.75, 3.05) is 25.2 Å². The van der Waals surface area contributed by atoms with Crippen LogP contribution in [0.4, 0.5) is 5.82 Å². The lowest BCUT2D eigenvalue weighted by Gasteiger charge is -2.37. The molecule has 166 valence electrons. The lowest BCUT2D eigenvalue weighted by atomic mass is 9.98. The highest BCUT2D eigenvalue weighted by atomic mass is 32.2. The van der Waals surface area contributed by atoms with Crippen molar-refractivity contribution in [1.29, 1.82) is 0 Å². The minimum Gasteiger partial charge on any atom is -0.393 e. The lowest BCUT2D eigenvalue weighted by Crippen LogP contribution is -2.54. The van der Waals surface area contributed by atoms with E-state index in [0.29, 0.717) is 6.42 Å². The number of nitrogen functional groups attached to an aromatic ring is 1. The number of anilines is 1. The van der Waals surface area contributed by atoms with Gasteiger partial charge in [0.25, 0.3) is 10.1 Å². The van der Waals surface area contributed by atoms with E-state index in [1.165, 1.54) is 16.8 Å². The van der Waals surface area contributed by atoms with E-state index in [1.807, 2.05) is 26.9 Å². The Hall–Kier alpha value is -1.31. The SMILES string of the molecule is CCC(C)O[C@H]1C[C@@](n2ccc(N)nc2=O)([SiH](C)C)O[C@@]1(CO)COS(C)(=O)=O. The van der Waals surface area contributed by atoms with Gasteiger partial charge in [-0.05, 0) is 19.4 Å². The number of nitrogens with zero attached hydrogens (tertiary/aromatic N) is 2. The van der Waals surface area contributed by atoms with Gasteiger partial charge in [0, 0.05) is 12.6 Å². The second kappa shape index (κ2) is 8.82. The Balaban J connectivity index is 2.58. The zero-order valence-corrected chi connectivity index (χ0v) is 19.5. The van der Waals surface area contributed by atoms with Crippen LogP contribution in [-0.4, -0.2) is 69.2 Å². The zero-order valence-electron chi connectivity index (χ0n) is 17.5. The van der Waals surface area contributed by atoms with Gasteiger partial charge < -0.3 is 20.3 Å². The Labute approximate surface area is 172 Å². The van der Waals surface area contributed by atoms with Crippen molar-refractivity contribution >= 4 is 24.7 Å². The molecule has 1 aromatic heterocycles. The topological polar surface area (TPSA) is 143 Å². The molecule has 1 aromatic rings. The summed E-state index contributed by atoms with van der Waals surface area (Å²) in [5.74, 6) is 0.0889. The summed E-state index contributed by atoms with van der Waals surface area (Å²) in [6.07, 6.45) is 2.54. The first kappa shape index (κ1) is 24.0. The van der Waals surface area contributed by atoms with Crippen LogP contribution < -0.4 is 11.4 Å². The van der Waals surface area contributed by atoms with Gasteiger partial charge in [-0.2, -0.15) is 13.4 Å². The molecule has 1 aliphatic rings. The van der Waals surface area contributed by atoms with E-state index < -0.39 is 54.9 Å². The van der Waals surface area contributed by atoms with E-state index in [2.05, 4.69) is 4.98 Å². The highest BCUT2D eigenvalue weighted by Crippen LogP contribution is 2.45. The smallest absolute Gasteiger partial charge is 0.351 e. The summed E-state index contributed by atoms with van der Waals surface area (Å²) >= 11 is 0. The molecule has 0 spiro atoms. The number of nitrogens with two attached hydrogens (primary N) is 1. The first-order valence-corrected chi connectivity index (χ1v) is 14.3. The molecule has 3 N–H and O–H groups in total. The summed E-state index contributed by atoms with van der Waals surface area (Å²) in [6, 6.07) is 1.50. The van der Waals surface area contributed by atoms with Gasteiger partial charge in [0.1, 0.15) is 23.4 Å². The summed E-state index contributed by atoms with van der Waals surface area (Å²) in [4.78, 5) is 16.4. The molecule has 2 heterocycles. The van der Waals surface area contributed by atoms with Crippen molar-refractivity contribution in [3.8, 4) is 0 Å². The van der Waals surface area contributed by atoms with E-state index >= 15 is 0 Å². The monoisotopic (exact) mass is 449 g/mol. The normalized spacial score (nSPS) is 28.7. The molecule has 0 aliphatic carbocycles. The fourth-order valence-corrected chi connectivity index (χ4v) is 5.77. The highest BCUT2D eigenvalue weighted by Gasteiger charge is 2.60. The van der Waals surface area contributed by atoms with Gasteiger partial charge in [0.2, 0.25) is 0 Å². The molecule has 1 saturated heterocycles. The van der Waals surface area contributed by atoms with Gasteiger partial charge in [-0.25, -0.2) is 4.79 Å². The maximum atomic E-state index is 12.6. The van der Waals surface area contributed by atoms with Crippen LogP contribution in [0.15, 0.2) is 17.1 Å². The third kappa shape index (κ3) is 5.06. The van der Waals surface area contributed by atoms with Crippen LogP contribution in [0.5, 0.6) is 0 Å². The van der Waals surface area contributed by atoms with Crippen LogP contribution in [-0.2, 0) is 29.1 Å². The number of hydrogen-bond donors (Lipinski definition) is 2. The molecule has 4 atom stereocenters. The molecule has 0 amide bonds. The molecule has 2 rings (SSSR count). The standard InChI is InChI=1S/C17H31N3O7SSi/c1-6-12(2)26-13-9-17(29(4)5,20-8-7-14(18)19-15(20)22)27-16(13,10-21)11-25-28(3,23)24/h7-8,12-13,21,29H,6,9-11H2,1-5H3,(H2,18,19,22)/t12?,13-,16-,17-/m0/s1. The predicted molar refractivity (Wildman–Crippen MR) is 111 cm³/mol. The maximum Gasteiger partial charge on any atom is 0.351 e. The van der Waals surface area contributed by atoms with Gasteiger partial charge >= 0.3 is 5.69 Å². The van der Waals surface area contributed by atoms with Crippen LogP contribution in [0, 0.1) is 0 Å². The Bertz CT molecular complexity index is 878. The zero-order chi connectivity index (χ0) is 22.0. The first-order chi connectivity index (χ1) is 13.4. The number of aliphatic hydroxyl groups excluding tert-OH is 1. The molecular formula is C17H31N3O7SSi. The molecule has 0 bridgehead atoms. The fraction of sp³-hybridized carbons (Fsp3) is 0.765. The molecule has 1 fully saturated rings. The van der Waals surface area contributed by atoms with Crippen molar-refractivity contribution in [3.05, 3.63) is 22.7 Å². The van der Waals surface area contributed by atoms with E-state index in [0.717, 1.165) is 6.26 Å². The van der Waals surface area contributed by atoms with E-state index in [-0.39, 0.29) is 18.3 Å². The van der Waals surface area contributed by atoms with Crippen molar-refractivity contribution in [1.82, 2.24) is 9.55 Å². The molecule has 0 aromatic carbocycles. The van der Waals surface area contributed by atoms with Gasteiger partial charge in [-0.1, -0.05) is 20.0 Å². The summed E-state index contributed by atoms with van der Waals surface area (Å²) in [6.45, 7) is 6.85. The largest absolute Gasteiger partial charge is 0.393 e. The molecule has 0 saturated carbocycles. The van der Waals surface area contributed by atoms with Crippen LogP contribution >= 0.6 is 0 Å². The Morgan fingerprint density at radius 1 is 1.52 bits per heavy atom. The molecule has 10 nitrogen and oxygen atoms in total. The van der Waals surface area contributed by atoms with Gasteiger partial charge in [-0.3, -0.25) is 8.75 Å². The molecule has 12 heteroatoms. The minimum absolute atomic E-state index is 0.0889. The van der Waals surface area contributed by atoms with Crippen LogP contribution in [0.3, 0.4) is 0 Å². The van der Waals surface area contributed by atoms with Crippen LogP contribution in [0.2, 0.25) is 13.1 Å². The lowest BCUT2D eigenvalue weighted by molar-refractivity contribution is -0.178. The highest BCUT2D eigenvalue weighted by molar-refractivity contribution is 7.85. The average Bonchev–Trinajstić information content (AvgIpc) is 2.95. The molecular weight excluding hydrogens is 418 g/mol. The molecule has 1 unspecified atom stereocenters. The summed E-state index contributed by atoms with van der Waals surface area (Å²) in [5, 5.41) is 9.16. The third-order valence-electron chi connectivity index (χ3n) is 5.34. The maximum absolute atomic E-state index is 12.6. The number of rotatable bonds is 9. The van der Waals surface area contributed by atoms with Crippen LogP contribution in [0.25, 0.3) is 0 Å². The second-order valence-corrected chi connectivity index (χ2v) is 12.7. The number of aromatic nitrogens is 2. The average molecular weight is 450 g/mol. The number of aliphatic hydroxyl groups is 1. The minimum atomic E-state index is -3.79. The van der Waals surface area contributed by atoms with Crippen molar-refractivity contribution in [3.63, 3.8) is 0 Å². The van der Waals surface area contributed by atoms with Crippen molar-refractivity contribution < 1.29 is 27.2 Å². The summed E-state index contributed by atoms with van der Waals surface area (Å²) in [5.41, 5.74) is 3.60. The van der Waals surface area contributed by atoms with Crippen LogP contribution in [0.1, 0.15) is 26.7 Å².